The molecule has 4 atom stereocenters. The van der Waals surface area contributed by atoms with E-state index < -0.39 is 13.9 Å². The predicted octanol–water partition coefficient (Wildman–Crippen LogP) is 1.11. The molecule has 1 heterocycles. The summed E-state index contributed by atoms with van der Waals surface area (Å²) in [5.74, 6) is 0.0587. The minimum Gasteiger partial charge on any atom is -0.756 e. The van der Waals surface area contributed by atoms with E-state index in [0.717, 1.165) is 20.1 Å². The third-order valence-electron chi connectivity index (χ3n) is 3.98. The molecule has 0 aromatic heterocycles. The molecule has 1 rings (SSSR count). The van der Waals surface area contributed by atoms with Gasteiger partial charge in [-0.05, 0) is 27.3 Å². The second-order valence-electron chi connectivity index (χ2n) is 6.38. The monoisotopic (exact) mass is 409 g/mol. The predicted molar refractivity (Wildman–Crippen MR) is 100 cm³/mol. The van der Waals surface area contributed by atoms with Crippen LogP contribution in [0.3, 0.4) is 0 Å². The van der Waals surface area contributed by atoms with E-state index in [2.05, 4.69) is 9.84 Å². The number of hydrogen-bond acceptors (Lipinski definition) is 8. The van der Waals surface area contributed by atoms with Crippen LogP contribution in [0.25, 0.3) is 0 Å². The number of amides is 1. The van der Waals surface area contributed by atoms with Gasteiger partial charge in [-0.1, -0.05) is 13.8 Å². The lowest BCUT2D eigenvalue weighted by atomic mass is 10.1. The molecule has 1 amide bonds. The van der Waals surface area contributed by atoms with E-state index in [1.165, 1.54) is 6.92 Å². The van der Waals surface area contributed by atoms with Crippen molar-refractivity contribution in [2.24, 2.45) is 0 Å². The number of nitrogens with one attached hydrogen (secondary N) is 1. The van der Waals surface area contributed by atoms with Gasteiger partial charge in [0.25, 0.3) is 7.82 Å². The normalized spacial score (nSPS) is 23.9. The molecule has 0 saturated carbocycles. The number of hydrogen-bond donors (Lipinski definition) is 1. The molecule has 0 aromatic carbocycles. The van der Waals surface area contributed by atoms with Crippen molar-refractivity contribution >= 4 is 19.5 Å². The molecule has 0 spiro atoms. The van der Waals surface area contributed by atoms with Crippen molar-refractivity contribution in [1.82, 2.24) is 10.2 Å². The highest BCUT2D eigenvalue weighted by molar-refractivity contribution is 7.45. The second kappa shape index (κ2) is 13.4. The Balaban J connectivity index is 0.000000503. The summed E-state index contributed by atoms with van der Waals surface area (Å²) in [5.41, 5.74) is 0. The molecular weight excluding hydrogens is 375 g/mol. The minimum absolute atomic E-state index is 0.0258. The highest BCUT2D eigenvalue weighted by atomic mass is 31.2. The summed E-state index contributed by atoms with van der Waals surface area (Å²) in [6, 6.07) is 0. The standard InChI is InChI=1S/C9H18N2O2.C8H17O5P/c1-4-9(13)11(6-5-10-3)7-8(2)12;1-4-7-8(5-6(2)12-7)13-14(9,10)11-3/h10H,4-7H2,1-3H3;6-8H,4-5H2,1-3H3,(H,9,10)/p-1. The first-order chi connectivity index (χ1) is 12.6. The van der Waals surface area contributed by atoms with Crippen molar-refractivity contribution < 1.29 is 32.8 Å². The Bertz CT molecular complexity index is 504. The summed E-state index contributed by atoms with van der Waals surface area (Å²) in [6.07, 6.45) is 1.27. The summed E-state index contributed by atoms with van der Waals surface area (Å²) in [5, 5.41) is 2.95. The van der Waals surface area contributed by atoms with Crippen molar-refractivity contribution in [3.05, 3.63) is 0 Å². The SMILES string of the molecule is CCC(=O)N(CCNC)CC(C)=O.CCC1OC(C)CC1OP(=O)([O-])OC. The second-order valence-corrected chi connectivity index (χ2v) is 7.85. The summed E-state index contributed by atoms with van der Waals surface area (Å²) < 4.78 is 25.6. The van der Waals surface area contributed by atoms with Crippen molar-refractivity contribution in [2.45, 2.75) is 65.3 Å². The van der Waals surface area contributed by atoms with E-state index in [0.29, 0.717) is 19.4 Å². The Morgan fingerprint density at radius 3 is 2.44 bits per heavy atom. The van der Waals surface area contributed by atoms with Crippen LogP contribution in [-0.4, -0.2) is 68.7 Å². The summed E-state index contributed by atoms with van der Waals surface area (Å²) >= 11 is 0. The first-order valence-electron chi connectivity index (χ1n) is 9.22. The Kier molecular flexibility index (Phi) is 13.0. The van der Waals surface area contributed by atoms with Crippen LogP contribution in [0, 0.1) is 0 Å². The van der Waals surface area contributed by atoms with Crippen LogP contribution < -0.4 is 10.2 Å². The largest absolute Gasteiger partial charge is 0.756 e. The third-order valence-corrected chi connectivity index (χ3v) is 4.95. The van der Waals surface area contributed by atoms with Crippen LogP contribution in [0.15, 0.2) is 0 Å². The fourth-order valence-electron chi connectivity index (χ4n) is 2.63. The van der Waals surface area contributed by atoms with Gasteiger partial charge in [0.05, 0.1) is 24.9 Å². The average Bonchev–Trinajstić information content (AvgIpc) is 2.96. The summed E-state index contributed by atoms with van der Waals surface area (Å²) in [6.45, 7) is 8.68. The number of Topliss-reactive ketones (excluding diaryl/α,β-unsaturated/α-hetero) is 1. The van der Waals surface area contributed by atoms with Crippen LogP contribution in [-0.2, 0) is 27.9 Å². The molecule has 160 valence electrons. The van der Waals surface area contributed by atoms with Gasteiger partial charge in [-0.25, -0.2) is 0 Å². The number of nitrogens with zero attached hydrogens (tertiary/aromatic N) is 1. The maximum absolute atomic E-state index is 11.3. The number of ether oxygens (including phenoxy) is 1. The summed E-state index contributed by atoms with van der Waals surface area (Å²) in [4.78, 5) is 34.8. The average molecular weight is 409 g/mol. The zero-order chi connectivity index (χ0) is 21.0. The highest BCUT2D eigenvalue weighted by Crippen LogP contribution is 2.42. The summed E-state index contributed by atoms with van der Waals surface area (Å²) in [7, 11) is -1.22. The lowest BCUT2D eigenvalue weighted by Gasteiger charge is -2.26. The Morgan fingerprint density at radius 1 is 1.37 bits per heavy atom. The van der Waals surface area contributed by atoms with Gasteiger partial charge in [-0.15, -0.1) is 0 Å². The molecule has 1 aliphatic heterocycles. The molecule has 0 bridgehead atoms. The minimum atomic E-state index is -4.13. The molecule has 0 aromatic rings. The number of rotatable bonds is 10. The smallest absolute Gasteiger partial charge is 0.267 e. The van der Waals surface area contributed by atoms with Gasteiger partial charge in [0.1, 0.15) is 5.78 Å². The first kappa shape index (κ1) is 26.2. The van der Waals surface area contributed by atoms with E-state index in [4.69, 9.17) is 9.26 Å². The van der Waals surface area contributed by atoms with Crippen molar-refractivity contribution in [3.63, 3.8) is 0 Å². The molecule has 4 unspecified atom stereocenters. The highest BCUT2D eigenvalue weighted by Gasteiger charge is 2.34. The van der Waals surface area contributed by atoms with Crippen molar-refractivity contribution in [2.75, 3.05) is 33.8 Å². The van der Waals surface area contributed by atoms with Gasteiger partial charge in [0, 0.05) is 33.0 Å². The van der Waals surface area contributed by atoms with Gasteiger partial charge in [-0.3, -0.25) is 14.2 Å². The molecule has 1 saturated heterocycles. The molecule has 9 nitrogen and oxygen atoms in total. The first-order valence-corrected chi connectivity index (χ1v) is 10.7. The molecular formula is C17H34N2O7P-. The van der Waals surface area contributed by atoms with Crippen molar-refractivity contribution in [1.29, 1.82) is 0 Å². The number of ketones is 1. The van der Waals surface area contributed by atoms with Crippen LogP contribution in [0.5, 0.6) is 0 Å². The molecule has 0 radical (unpaired) electrons. The number of likely N-dealkylation sites (N-methyl/N-ethyl adjacent to an activating group) is 1. The fraction of sp³-hybridized carbons (Fsp3) is 0.882. The van der Waals surface area contributed by atoms with E-state index in [1.54, 1.807) is 11.8 Å². The lowest BCUT2D eigenvalue weighted by Crippen LogP contribution is -2.38. The van der Waals surface area contributed by atoms with Crippen LogP contribution in [0.4, 0.5) is 0 Å². The van der Waals surface area contributed by atoms with Crippen LogP contribution in [0.2, 0.25) is 0 Å². The molecule has 10 heteroatoms. The van der Waals surface area contributed by atoms with E-state index >= 15 is 0 Å². The van der Waals surface area contributed by atoms with Gasteiger partial charge in [0.15, 0.2) is 0 Å². The Labute approximate surface area is 162 Å². The number of carbonyl (C=O) groups is 2. The van der Waals surface area contributed by atoms with E-state index in [9.17, 15) is 19.0 Å². The molecule has 0 aliphatic carbocycles. The Hall–Kier alpha value is -0.830. The molecule has 1 aliphatic rings. The quantitative estimate of drug-likeness (QED) is 0.533. The lowest BCUT2D eigenvalue weighted by molar-refractivity contribution is -0.228. The number of phosphoric acid groups is 1. The molecule has 27 heavy (non-hydrogen) atoms. The number of phosphoric ester groups is 1. The van der Waals surface area contributed by atoms with Gasteiger partial charge in [0.2, 0.25) is 5.91 Å². The molecule has 1 fully saturated rings. The van der Waals surface area contributed by atoms with Crippen LogP contribution in [0.1, 0.15) is 47.0 Å². The topological polar surface area (TPSA) is 117 Å². The zero-order valence-electron chi connectivity index (χ0n) is 17.2. The zero-order valence-corrected chi connectivity index (χ0v) is 18.1. The maximum Gasteiger partial charge on any atom is 0.267 e. The van der Waals surface area contributed by atoms with Crippen molar-refractivity contribution in [3.8, 4) is 0 Å². The number of carbonyl (C=O) groups excluding carboxylic acids is 2. The van der Waals surface area contributed by atoms with Gasteiger partial charge < -0.3 is 28.9 Å². The third kappa shape index (κ3) is 10.9. The van der Waals surface area contributed by atoms with E-state index in [-0.39, 0.29) is 30.4 Å². The van der Waals surface area contributed by atoms with Gasteiger partial charge in [-0.2, -0.15) is 0 Å². The van der Waals surface area contributed by atoms with Crippen LogP contribution >= 0.6 is 7.82 Å². The van der Waals surface area contributed by atoms with Gasteiger partial charge >= 0.3 is 0 Å². The fourth-order valence-corrected chi connectivity index (χ4v) is 3.27. The van der Waals surface area contributed by atoms with E-state index in [1.807, 2.05) is 20.9 Å². The molecule has 1 N–H and O–H groups in total. The maximum atomic E-state index is 11.3. The Morgan fingerprint density at radius 2 is 2.00 bits per heavy atom.